The first kappa shape index (κ1) is 28.7. The van der Waals surface area contributed by atoms with Crippen LogP contribution in [0.4, 0.5) is 0 Å². The maximum Gasteiger partial charge on any atom is 0.309 e. The van der Waals surface area contributed by atoms with Crippen LogP contribution in [0.1, 0.15) is 53.3 Å². The zero-order valence-electron chi connectivity index (χ0n) is 22.6. The molecule has 4 rings (SSSR count). The smallest absolute Gasteiger partial charge is 0.309 e. The number of esters is 1. The highest BCUT2D eigenvalue weighted by molar-refractivity contribution is 6.37. The molecule has 0 unspecified atom stereocenters. The first-order valence-corrected chi connectivity index (χ1v) is 13.6. The second-order valence-electron chi connectivity index (χ2n) is 9.73. The molecule has 0 bridgehead atoms. The Balaban J connectivity index is 1.39. The lowest BCUT2D eigenvalue weighted by Gasteiger charge is -2.16. The first-order valence-electron chi connectivity index (χ1n) is 12.9. The number of benzene rings is 3. The van der Waals surface area contributed by atoms with Crippen molar-refractivity contribution in [3.05, 3.63) is 110 Å². The van der Waals surface area contributed by atoms with Gasteiger partial charge in [0.25, 0.3) is 0 Å². The zero-order valence-corrected chi connectivity index (χ0v) is 24.1. The fraction of sp³-hybridized carbons (Fsp3) is 0.290. The van der Waals surface area contributed by atoms with Gasteiger partial charge >= 0.3 is 5.97 Å². The van der Waals surface area contributed by atoms with Crippen molar-refractivity contribution in [2.75, 3.05) is 7.11 Å². The maximum absolute atomic E-state index is 11.4. The normalized spacial score (nSPS) is 11.2. The van der Waals surface area contributed by atoms with E-state index in [9.17, 15) is 4.79 Å². The van der Waals surface area contributed by atoms with Crippen LogP contribution in [0.15, 0.2) is 66.9 Å². The summed E-state index contributed by atoms with van der Waals surface area (Å²) in [5, 5.41) is 9.15. The van der Waals surface area contributed by atoms with Crippen LogP contribution in [0.2, 0.25) is 10.0 Å². The number of aryl methyl sites for hydroxylation is 1. The van der Waals surface area contributed by atoms with Gasteiger partial charge in [-0.2, -0.15) is 5.10 Å². The van der Waals surface area contributed by atoms with E-state index in [1.54, 1.807) is 16.8 Å². The molecule has 0 saturated carbocycles. The number of hydrogen-bond acceptors (Lipinski definition) is 5. The van der Waals surface area contributed by atoms with Gasteiger partial charge < -0.3 is 14.8 Å². The Bertz CT molecular complexity index is 1410. The molecule has 4 aromatic rings. The quantitative estimate of drug-likeness (QED) is 0.195. The minimum absolute atomic E-state index is 0.236. The molecule has 0 aliphatic rings. The second-order valence-corrected chi connectivity index (χ2v) is 10.5. The molecule has 0 atom stereocenters. The highest BCUT2D eigenvalue weighted by Crippen LogP contribution is 2.32. The van der Waals surface area contributed by atoms with E-state index >= 15 is 0 Å². The molecule has 0 aliphatic carbocycles. The number of rotatable bonds is 11. The van der Waals surface area contributed by atoms with Gasteiger partial charge in [0, 0.05) is 13.1 Å². The molecule has 0 radical (unpaired) electrons. The number of carbonyl (C=O) groups is 1. The van der Waals surface area contributed by atoms with Crippen LogP contribution in [-0.2, 0) is 35.6 Å². The third kappa shape index (κ3) is 7.21. The maximum atomic E-state index is 11.4. The van der Waals surface area contributed by atoms with Gasteiger partial charge in [-0.1, -0.05) is 73.4 Å². The van der Waals surface area contributed by atoms with E-state index in [0.717, 1.165) is 46.8 Å². The number of hydrogen-bond donors (Lipinski definition) is 1. The summed E-state index contributed by atoms with van der Waals surface area (Å²) in [7, 11) is 1.40. The predicted molar refractivity (Wildman–Crippen MR) is 156 cm³/mol. The lowest BCUT2D eigenvalue weighted by molar-refractivity contribution is -0.139. The molecule has 0 aliphatic heterocycles. The summed E-state index contributed by atoms with van der Waals surface area (Å²) < 4.78 is 12.7. The molecule has 3 aromatic carbocycles. The van der Waals surface area contributed by atoms with Gasteiger partial charge in [0.05, 0.1) is 35.5 Å². The van der Waals surface area contributed by atoms with Crippen LogP contribution in [0.25, 0.3) is 5.69 Å². The van der Waals surface area contributed by atoms with Crippen molar-refractivity contribution >= 4 is 29.2 Å². The van der Waals surface area contributed by atoms with Crippen molar-refractivity contribution in [3.8, 4) is 11.4 Å². The zero-order chi connectivity index (χ0) is 27.9. The summed E-state index contributed by atoms with van der Waals surface area (Å²) in [5.41, 5.74) is 7.08. The van der Waals surface area contributed by atoms with Crippen LogP contribution in [0, 0.1) is 6.92 Å². The molecule has 0 saturated heterocycles. The highest BCUT2D eigenvalue weighted by Gasteiger charge is 2.19. The van der Waals surface area contributed by atoms with E-state index < -0.39 is 0 Å². The van der Waals surface area contributed by atoms with Gasteiger partial charge in [-0.05, 0) is 64.9 Å². The fourth-order valence-corrected chi connectivity index (χ4v) is 4.92. The van der Waals surface area contributed by atoms with E-state index in [0.29, 0.717) is 22.3 Å². The highest BCUT2D eigenvalue weighted by atomic mass is 35.5. The van der Waals surface area contributed by atoms with Gasteiger partial charge in [0.15, 0.2) is 0 Å². The molecule has 0 fully saturated rings. The molecule has 204 valence electrons. The van der Waals surface area contributed by atoms with E-state index in [2.05, 4.69) is 43.3 Å². The van der Waals surface area contributed by atoms with E-state index in [-0.39, 0.29) is 18.3 Å². The van der Waals surface area contributed by atoms with Gasteiger partial charge in [-0.25, -0.2) is 4.68 Å². The van der Waals surface area contributed by atoms with E-state index in [1.165, 1.54) is 12.7 Å². The van der Waals surface area contributed by atoms with E-state index in [1.807, 2.05) is 42.6 Å². The third-order valence-electron chi connectivity index (χ3n) is 6.61. The summed E-state index contributed by atoms with van der Waals surface area (Å²) in [6.45, 7) is 8.12. The molecular weight excluding hydrogens is 533 g/mol. The Kier molecular flexibility index (Phi) is 9.68. The molecule has 1 heterocycles. The molecule has 1 N–H and O–H groups in total. The summed E-state index contributed by atoms with van der Waals surface area (Å²) in [4.78, 5) is 11.4. The lowest BCUT2D eigenvalue weighted by Crippen LogP contribution is -2.14. The van der Waals surface area contributed by atoms with Crippen LogP contribution >= 0.6 is 23.2 Å². The predicted octanol–water partition coefficient (Wildman–Crippen LogP) is 7.20. The number of methoxy groups -OCH3 is 1. The average Bonchev–Trinajstić information content (AvgIpc) is 3.33. The monoisotopic (exact) mass is 565 g/mol. The molecule has 1 aromatic heterocycles. The minimum Gasteiger partial charge on any atom is -0.487 e. The topological polar surface area (TPSA) is 65.4 Å². The molecule has 8 heteroatoms. The number of carbonyl (C=O) groups excluding carboxylic acids is 1. The standard InChI is InChI=1S/C31H33Cl2N3O3/c1-20(2)26-18-35-36(31-27(32)6-5-7-28(31)33)29(26)19-39-25-13-12-24(21(3)14-25)17-34-16-23-10-8-22(9-11-23)15-30(37)38-4/h5-14,18,20,34H,15-17,19H2,1-4H3. The largest absolute Gasteiger partial charge is 0.487 e. The fourth-order valence-electron chi connectivity index (χ4n) is 4.36. The van der Waals surface area contributed by atoms with Crippen LogP contribution in [-0.4, -0.2) is 22.9 Å². The number of halogens is 2. The Morgan fingerprint density at radius 1 is 1.00 bits per heavy atom. The van der Waals surface area contributed by atoms with Crippen molar-refractivity contribution < 1.29 is 14.3 Å². The van der Waals surface area contributed by atoms with Gasteiger partial charge in [-0.15, -0.1) is 0 Å². The van der Waals surface area contributed by atoms with Crippen molar-refractivity contribution in [2.24, 2.45) is 0 Å². The SMILES string of the molecule is COC(=O)Cc1ccc(CNCc2ccc(OCc3c(C(C)C)cnn3-c3c(Cl)cccc3Cl)cc2C)cc1. The number of nitrogens with one attached hydrogen (secondary N) is 1. The van der Waals surface area contributed by atoms with Crippen LogP contribution in [0.3, 0.4) is 0 Å². The minimum atomic E-state index is -0.236. The number of aromatic nitrogens is 2. The Morgan fingerprint density at radius 3 is 2.33 bits per heavy atom. The lowest BCUT2D eigenvalue weighted by atomic mass is 10.0. The van der Waals surface area contributed by atoms with Gasteiger partial charge in [-0.3, -0.25) is 4.79 Å². The summed E-state index contributed by atoms with van der Waals surface area (Å²) >= 11 is 13.0. The second kappa shape index (κ2) is 13.2. The van der Waals surface area contributed by atoms with Gasteiger partial charge in [0.2, 0.25) is 0 Å². The number of ether oxygens (including phenoxy) is 2. The Labute approximate surface area is 239 Å². The van der Waals surface area contributed by atoms with E-state index in [4.69, 9.17) is 32.7 Å². The van der Waals surface area contributed by atoms with Crippen LogP contribution in [0.5, 0.6) is 5.75 Å². The first-order chi connectivity index (χ1) is 18.8. The Hall–Kier alpha value is -3.32. The average molecular weight is 567 g/mol. The molecular formula is C31H33Cl2N3O3. The van der Waals surface area contributed by atoms with Crippen molar-refractivity contribution in [1.82, 2.24) is 15.1 Å². The van der Waals surface area contributed by atoms with Crippen LogP contribution < -0.4 is 10.1 Å². The van der Waals surface area contributed by atoms with Gasteiger partial charge in [0.1, 0.15) is 18.0 Å². The summed E-state index contributed by atoms with van der Waals surface area (Å²) in [6, 6.07) is 19.5. The number of nitrogens with zero attached hydrogens (tertiary/aromatic N) is 2. The summed E-state index contributed by atoms with van der Waals surface area (Å²) in [6.07, 6.45) is 2.14. The van der Waals surface area contributed by atoms with Crippen molar-refractivity contribution in [2.45, 2.75) is 52.8 Å². The molecule has 0 amide bonds. The van der Waals surface area contributed by atoms with Crippen molar-refractivity contribution in [3.63, 3.8) is 0 Å². The molecule has 0 spiro atoms. The van der Waals surface area contributed by atoms with Crippen molar-refractivity contribution in [1.29, 1.82) is 0 Å². The third-order valence-corrected chi connectivity index (χ3v) is 7.22. The molecule has 39 heavy (non-hydrogen) atoms. The number of para-hydroxylation sites is 1. The summed E-state index contributed by atoms with van der Waals surface area (Å²) in [5.74, 6) is 0.808. The Morgan fingerprint density at radius 2 is 1.69 bits per heavy atom. The molecule has 6 nitrogen and oxygen atoms in total.